The number of benzene rings is 2. The zero-order chi connectivity index (χ0) is 17.7. The van der Waals surface area contributed by atoms with Gasteiger partial charge in [0.05, 0.1) is 5.54 Å². The van der Waals surface area contributed by atoms with Crippen LogP contribution in [0.4, 0.5) is 5.69 Å². The number of rotatable bonds is 4. The van der Waals surface area contributed by atoms with Crippen molar-refractivity contribution in [3.8, 4) is 0 Å². The van der Waals surface area contributed by atoms with Gasteiger partial charge in [-0.25, -0.2) is 0 Å². The lowest BCUT2D eigenvalue weighted by Crippen LogP contribution is -2.46. The minimum absolute atomic E-state index is 0.600. The fraction of sp³-hybridized carbons (Fsp3) is 0.222. The van der Waals surface area contributed by atoms with Crippen LogP contribution < -0.4 is 10.6 Å². The van der Waals surface area contributed by atoms with E-state index in [1.165, 1.54) is 0 Å². The van der Waals surface area contributed by atoms with Crippen LogP contribution in [0.2, 0.25) is 0 Å². The fourth-order valence-corrected chi connectivity index (χ4v) is 2.89. The van der Waals surface area contributed by atoms with Crippen molar-refractivity contribution in [2.45, 2.75) is 24.3 Å². The molecular weight excluding hydrogens is 388 g/mol. The van der Waals surface area contributed by atoms with Crippen LogP contribution in [0, 0.1) is 0 Å². The molecule has 0 heterocycles. The maximum atomic E-state index is 12.2. The Hall–Kier alpha value is -1.79. The molecule has 126 valence electrons. The molecule has 24 heavy (non-hydrogen) atoms. The summed E-state index contributed by atoms with van der Waals surface area (Å²) >= 11 is 4.95. The predicted octanol–water partition coefficient (Wildman–Crippen LogP) is 4.16. The number of amides is 2. The molecule has 6 heteroatoms. The van der Waals surface area contributed by atoms with Gasteiger partial charge in [-0.15, -0.1) is 11.8 Å². The molecule has 2 aromatic rings. The predicted molar refractivity (Wildman–Crippen MR) is 102 cm³/mol. The van der Waals surface area contributed by atoms with Crippen LogP contribution >= 0.6 is 27.7 Å². The van der Waals surface area contributed by atoms with E-state index in [2.05, 4.69) is 26.6 Å². The monoisotopic (exact) mass is 406 g/mol. The summed E-state index contributed by atoms with van der Waals surface area (Å²) in [5.74, 6) is -1.35. The average molecular weight is 407 g/mol. The Morgan fingerprint density at radius 2 is 1.71 bits per heavy atom. The van der Waals surface area contributed by atoms with Crippen LogP contribution in [-0.2, 0) is 15.1 Å². The second-order valence-electron chi connectivity index (χ2n) is 5.77. The highest BCUT2D eigenvalue weighted by atomic mass is 79.9. The first kappa shape index (κ1) is 18.5. The Bertz CT molecular complexity index is 745. The van der Waals surface area contributed by atoms with Crippen LogP contribution in [0.15, 0.2) is 57.9 Å². The molecular formula is C18H19BrN2O2S. The highest BCUT2D eigenvalue weighted by Crippen LogP contribution is 2.22. The van der Waals surface area contributed by atoms with Crippen molar-refractivity contribution in [3.05, 3.63) is 58.6 Å². The zero-order valence-electron chi connectivity index (χ0n) is 13.7. The molecule has 0 unspecified atom stereocenters. The molecule has 2 N–H and O–H groups in total. The van der Waals surface area contributed by atoms with Crippen molar-refractivity contribution in [2.24, 2.45) is 0 Å². The summed E-state index contributed by atoms with van der Waals surface area (Å²) in [6.45, 7) is 3.71. The topological polar surface area (TPSA) is 58.2 Å². The molecule has 0 aliphatic rings. The first-order valence-electron chi connectivity index (χ1n) is 7.35. The van der Waals surface area contributed by atoms with E-state index >= 15 is 0 Å². The summed E-state index contributed by atoms with van der Waals surface area (Å²) < 4.78 is 0.958. The molecule has 0 fully saturated rings. The molecule has 2 aromatic carbocycles. The third-order valence-corrected chi connectivity index (χ3v) is 4.78. The third-order valence-electron chi connectivity index (χ3n) is 3.53. The van der Waals surface area contributed by atoms with E-state index < -0.39 is 17.4 Å². The van der Waals surface area contributed by atoms with Crippen LogP contribution in [0.5, 0.6) is 0 Å². The van der Waals surface area contributed by atoms with E-state index in [0.29, 0.717) is 5.69 Å². The van der Waals surface area contributed by atoms with Crippen molar-refractivity contribution in [2.75, 3.05) is 11.6 Å². The molecule has 0 radical (unpaired) electrons. The lowest BCUT2D eigenvalue weighted by molar-refractivity contribution is -0.137. The molecule has 4 nitrogen and oxygen atoms in total. The van der Waals surface area contributed by atoms with Gasteiger partial charge in [0.25, 0.3) is 0 Å². The van der Waals surface area contributed by atoms with Crippen LogP contribution in [0.3, 0.4) is 0 Å². The lowest BCUT2D eigenvalue weighted by Gasteiger charge is -2.26. The number of carbonyl (C=O) groups excluding carboxylic acids is 2. The highest BCUT2D eigenvalue weighted by molar-refractivity contribution is 9.10. The second kappa shape index (κ2) is 7.85. The van der Waals surface area contributed by atoms with Gasteiger partial charge in [-0.3, -0.25) is 9.59 Å². The average Bonchev–Trinajstić information content (AvgIpc) is 2.55. The first-order chi connectivity index (χ1) is 11.3. The summed E-state index contributed by atoms with van der Waals surface area (Å²) in [7, 11) is 0. The van der Waals surface area contributed by atoms with E-state index in [1.807, 2.05) is 62.6 Å². The fourth-order valence-electron chi connectivity index (χ4n) is 2.17. The first-order valence-corrected chi connectivity index (χ1v) is 9.37. The molecule has 0 atom stereocenters. The summed E-state index contributed by atoms with van der Waals surface area (Å²) in [6, 6.07) is 15.0. The van der Waals surface area contributed by atoms with E-state index in [0.717, 1.165) is 14.9 Å². The Morgan fingerprint density at radius 1 is 1.04 bits per heavy atom. The van der Waals surface area contributed by atoms with Gasteiger partial charge in [0, 0.05) is 15.1 Å². The maximum Gasteiger partial charge on any atom is 0.313 e. The van der Waals surface area contributed by atoms with Gasteiger partial charge in [0.15, 0.2) is 0 Å². The molecule has 0 aliphatic heterocycles. The van der Waals surface area contributed by atoms with Crippen molar-refractivity contribution in [1.29, 1.82) is 0 Å². The smallest absolute Gasteiger partial charge is 0.313 e. The minimum Gasteiger partial charge on any atom is -0.339 e. The van der Waals surface area contributed by atoms with Crippen molar-refractivity contribution >= 4 is 45.2 Å². The summed E-state index contributed by atoms with van der Waals surface area (Å²) in [5.41, 5.74) is 0.857. The SMILES string of the molecule is CSc1cccc(NC(=O)C(=O)NC(C)(C)c2ccc(Br)cc2)c1. The number of anilines is 1. The molecule has 0 spiro atoms. The van der Waals surface area contributed by atoms with E-state index in [9.17, 15) is 9.59 Å². The normalized spacial score (nSPS) is 11.0. The maximum absolute atomic E-state index is 12.2. The van der Waals surface area contributed by atoms with Gasteiger partial charge < -0.3 is 10.6 Å². The zero-order valence-corrected chi connectivity index (χ0v) is 16.1. The summed E-state index contributed by atoms with van der Waals surface area (Å²) in [4.78, 5) is 25.4. The largest absolute Gasteiger partial charge is 0.339 e. The highest BCUT2D eigenvalue weighted by Gasteiger charge is 2.26. The second-order valence-corrected chi connectivity index (χ2v) is 7.57. The van der Waals surface area contributed by atoms with Gasteiger partial charge >= 0.3 is 11.8 Å². The number of hydrogen-bond donors (Lipinski definition) is 2. The molecule has 0 bridgehead atoms. The molecule has 0 aromatic heterocycles. The van der Waals surface area contributed by atoms with Gasteiger partial charge in [-0.2, -0.15) is 0 Å². The van der Waals surface area contributed by atoms with Crippen LogP contribution in [0.1, 0.15) is 19.4 Å². The number of thioether (sulfide) groups is 1. The number of halogens is 1. The Kier molecular flexibility index (Phi) is 6.07. The third kappa shape index (κ3) is 4.85. The standard InChI is InChI=1S/C18H19BrN2O2S/c1-18(2,12-7-9-13(19)10-8-12)21-17(23)16(22)20-14-5-4-6-15(11-14)24-3/h4-11H,1-3H3,(H,20,22)(H,21,23). The number of hydrogen-bond acceptors (Lipinski definition) is 3. The molecule has 0 saturated carbocycles. The molecule has 2 amide bonds. The van der Waals surface area contributed by atoms with Crippen LogP contribution in [0.25, 0.3) is 0 Å². The lowest BCUT2D eigenvalue weighted by atomic mass is 9.94. The van der Waals surface area contributed by atoms with E-state index in [4.69, 9.17) is 0 Å². The quantitative estimate of drug-likeness (QED) is 0.591. The van der Waals surface area contributed by atoms with Gasteiger partial charge in [-0.1, -0.05) is 34.1 Å². The summed E-state index contributed by atoms with van der Waals surface area (Å²) in [6.07, 6.45) is 1.95. The Balaban J connectivity index is 2.04. The van der Waals surface area contributed by atoms with Crippen molar-refractivity contribution < 1.29 is 9.59 Å². The molecule has 0 saturated heterocycles. The van der Waals surface area contributed by atoms with Crippen LogP contribution in [-0.4, -0.2) is 18.1 Å². The van der Waals surface area contributed by atoms with Gasteiger partial charge in [-0.05, 0) is 56.0 Å². The van der Waals surface area contributed by atoms with Gasteiger partial charge in [0.2, 0.25) is 0 Å². The number of nitrogens with one attached hydrogen (secondary N) is 2. The summed E-state index contributed by atoms with van der Waals surface area (Å²) in [5, 5.41) is 5.40. The minimum atomic E-state index is -0.682. The van der Waals surface area contributed by atoms with E-state index in [1.54, 1.807) is 17.8 Å². The Morgan fingerprint density at radius 3 is 2.33 bits per heavy atom. The van der Waals surface area contributed by atoms with E-state index in [-0.39, 0.29) is 0 Å². The van der Waals surface area contributed by atoms with Crippen molar-refractivity contribution in [3.63, 3.8) is 0 Å². The molecule has 2 rings (SSSR count). The van der Waals surface area contributed by atoms with Crippen molar-refractivity contribution in [1.82, 2.24) is 5.32 Å². The Labute approximate surface area is 154 Å². The molecule has 0 aliphatic carbocycles. The number of carbonyl (C=O) groups is 2. The van der Waals surface area contributed by atoms with Gasteiger partial charge in [0.1, 0.15) is 0 Å².